The smallest absolute Gasteiger partial charge is 0.439 e. The highest BCUT2D eigenvalue weighted by molar-refractivity contribution is 5.87. The molecule has 0 radical (unpaired) electrons. The van der Waals surface area contributed by atoms with Crippen molar-refractivity contribution in [3.8, 4) is 0 Å². The Balaban J connectivity index is 0.0000109. The number of morpholine rings is 1. The maximum absolute atomic E-state index is 14.6. The van der Waals surface area contributed by atoms with Crippen LogP contribution in [0.25, 0.3) is 0 Å². The third-order valence-electron chi connectivity index (χ3n) is 4.21. The zero-order chi connectivity index (χ0) is 26.7. The Morgan fingerprint density at radius 2 is 1.24 bits per heavy atom. The molecule has 0 aliphatic carbocycles. The molecule has 1 rings (SSSR count). The van der Waals surface area contributed by atoms with Crippen LogP contribution in [0.3, 0.4) is 0 Å². The summed E-state index contributed by atoms with van der Waals surface area (Å²) in [6.07, 6.45) is -21.6. The van der Waals surface area contributed by atoms with Gasteiger partial charge in [-0.15, -0.1) is 4.90 Å². The van der Waals surface area contributed by atoms with Gasteiger partial charge in [-0.2, -0.15) is 57.1 Å². The number of halogens is 15. The molecule has 1 unspecified atom stereocenters. The van der Waals surface area contributed by atoms with Gasteiger partial charge < -0.3 is 33.8 Å². The Morgan fingerprint density at radius 1 is 0.853 bits per heavy atom. The van der Waals surface area contributed by atoms with E-state index in [1.807, 2.05) is 4.74 Å². The fourth-order valence-electron chi connectivity index (χ4n) is 2.54. The zero-order valence-corrected chi connectivity index (χ0v) is 19.2. The second kappa shape index (κ2) is 9.20. The van der Waals surface area contributed by atoms with E-state index < -0.39 is 59.6 Å². The molecule has 34 heavy (non-hydrogen) atoms. The largest absolute Gasteiger partial charge is 1.00 e. The van der Waals surface area contributed by atoms with Crippen LogP contribution in [0.2, 0.25) is 0 Å². The summed E-state index contributed by atoms with van der Waals surface area (Å²) < 4.78 is 192. The van der Waals surface area contributed by atoms with E-state index in [1.54, 1.807) is 0 Å². The highest BCUT2D eigenvalue weighted by atomic mass is 127. The third-order valence-corrected chi connectivity index (χ3v) is 4.21. The highest BCUT2D eigenvalue weighted by Crippen LogP contribution is 2.62. The van der Waals surface area contributed by atoms with Crippen molar-refractivity contribution in [2.24, 2.45) is 0 Å². The Bertz CT molecular complexity index is 729. The van der Waals surface area contributed by atoms with Crippen molar-refractivity contribution in [3.63, 3.8) is 0 Å². The van der Waals surface area contributed by atoms with Crippen LogP contribution in [0.5, 0.6) is 0 Å². The summed E-state index contributed by atoms with van der Waals surface area (Å²) >= 11 is 0. The van der Waals surface area contributed by atoms with Crippen LogP contribution in [-0.2, 0) is 9.53 Å². The van der Waals surface area contributed by atoms with Gasteiger partial charge in [-0.25, -0.2) is 9.13 Å². The van der Waals surface area contributed by atoms with Gasteiger partial charge in [0, 0.05) is 13.0 Å². The minimum absolute atomic E-state index is 0. The first-order chi connectivity index (χ1) is 14.2. The van der Waals surface area contributed by atoms with Crippen molar-refractivity contribution in [2.45, 2.75) is 48.6 Å². The van der Waals surface area contributed by atoms with Crippen LogP contribution >= 0.6 is 0 Å². The van der Waals surface area contributed by atoms with Gasteiger partial charge in [0.2, 0.25) is 0 Å². The molecule has 1 saturated heterocycles. The molecule has 0 aromatic carbocycles. The van der Waals surface area contributed by atoms with Gasteiger partial charge in [0.1, 0.15) is 0 Å². The second-order valence-corrected chi connectivity index (χ2v) is 7.87. The standard InChI is InChI=1S/C14H15F14N3O2.HI/c1-31(2,3)6-4-5-29-7(32)8(15,9(16,17)18)10(19,20)30-11(21,22)13(25,26)33-14(27,28)12(30,23)24;/h4-6H2,1-3H3;1H. The van der Waals surface area contributed by atoms with Gasteiger partial charge in [-0.3, -0.25) is 4.79 Å². The second-order valence-electron chi connectivity index (χ2n) is 7.87. The van der Waals surface area contributed by atoms with Crippen molar-refractivity contribution in [3.05, 3.63) is 0 Å². The molecule has 0 aromatic heterocycles. The van der Waals surface area contributed by atoms with E-state index in [2.05, 4.69) is 0 Å². The Kier molecular flexibility index (Phi) is 8.95. The fourth-order valence-corrected chi connectivity index (χ4v) is 2.54. The lowest BCUT2D eigenvalue weighted by molar-refractivity contribution is -0.870. The van der Waals surface area contributed by atoms with E-state index in [0.29, 0.717) is 0 Å². The minimum Gasteiger partial charge on any atom is -1.00 e. The number of quaternary nitrogens is 1. The molecule has 1 heterocycles. The molecule has 1 N–H and O–H groups in total. The SMILES string of the molecule is C[N+](C)(C)CCCNC(=O)C(F)(C(F)(F)F)C(F)(F)N1C(F)(F)C(F)(F)OC(F)(F)C1(F)F.[I-]. The summed E-state index contributed by atoms with van der Waals surface area (Å²) in [4.78, 5) is 7.67. The first-order valence-corrected chi connectivity index (χ1v) is 8.44. The maximum atomic E-state index is 14.6. The van der Waals surface area contributed by atoms with Crippen LogP contribution in [0, 0.1) is 0 Å². The number of rotatable bonds is 7. The van der Waals surface area contributed by atoms with Crippen molar-refractivity contribution in [2.75, 3.05) is 34.2 Å². The van der Waals surface area contributed by atoms with Gasteiger partial charge in [-0.1, -0.05) is 0 Å². The van der Waals surface area contributed by atoms with E-state index in [4.69, 9.17) is 0 Å². The van der Waals surface area contributed by atoms with Crippen molar-refractivity contribution in [1.82, 2.24) is 10.2 Å². The average Bonchev–Trinajstić information content (AvgIpc) is 2.52. The minimum atomic E-state index is -7.72. The topological polar surface area (TPSA) is 41.6 Å². The van der Waals surface area contributed by atoms with Gasteiger partial charge in [-0.05, 0) is 0 Å². The number of alkyl halides is 14. The van der Waals surface area contributed by atoms with Crippen LogP contribution < -0.4 is 29.3 Å². The summed E-state index contributed by atoms with van der Waals surface area (Å²) in [7, 11) is 4.52. The number of carbonyl (C=O) groups is 1. The van der Waals surface area contributed by atoms with Gasteiger partial charge >= 0.3 is 42.2 Å². The summed E-state index contributed by atoms with van der Waals surface area (Å²) in [5.74, 6) is -3.56. The molecule has 0 bridgehead atoms. The predicted octanol–water partition coefficient (Wildman–Crippen LogP) is 0.770. The molecule has 20 heteroatoms. The van der Waals surface area contributed by atoms with Crippen LogP contribution in [-0.4, -0.2) is 91.7 Å². The summed E-state index contributed by atoms with van der Waals surface area (Å²) in [6, 6.07) is -22.5. The molecule has 0 spiro atoms. The number of amides is 1. The van der Waals surface area contributed by atoms with Crippen LogP contribution in [0.1, 0.15) is 6.42 Å². The molecular formula is C14H16F14IN3O2. The Hall–Kier alpha value is -0.900. The van der Waals surface area contributed by atoms with Gasteiger partial charge in [0.05, 0.1) is 27.7 Å². The lowest BCUT2D eigenvalue weighted by atomic mass is 9.98. The van der Waals surface area contributed by atoms with Crippen molar-refractivity contribution in [1.29, 1.82) is 0 Å². The molecule has 1 amide bonds. The highest BCUT2D eigenvalue weighted by Gasteiger charge is 2.92. The van der Waals surface area contributed by atoms with Gasteiger partial charge in [0.15, 0.2) is 0 Å². The lowest BCUT2D eigenvalue weighted by Crippen LogP contribution is -3.00. The van der Waals surface area contributed by atoms with E-state index in [-0.39, 0.29) is 41.4 Å². The maximum Gasteiger partial charge on any atom is 0.439 e. The molecule has 0 saturated carbocycles. The molecule has 204 valence electrons. The predicted molar refractivity (Wildman–Crippen MR) is 78.1 cm³/mol. The molecule has 1 atom stereocenters. The summed E-state index contributed by atoms with van der Waals surface area (Å²) in [6.45, 7) is -1.05. The quantitative estimate of drug-likeness (QED) is 0.146. The van der Waals surface area contributed by atoms with Crippen LogP contribution in [0.15, 0.2) is 0 Å². The average molecular weight is 651 g/mol. The normalized spacial score (nSPS) is 24.0. The van der Waals surface area contributed by atoms with E-state index in [0.717, 1.165) is 5.32 Å². The number of carbonyl (C=O) groups excluding carboxylic acids is 1. The van der Waals surface area contributed by atoms with Crippen molar-refractivity contribution >= 4 is 5.91 Å². The molecule has 1 fully saturated rings. The molecule has 5 nitrogen and oxygen atoms in total. The fraction of sp³-hybridized carbons (Fsp3) is 0.929. The third kappa shape index (κ3) is 5.27. The monoisotopic (exact) mass is 651 g/mol. The molecular weight excluding hydrogens is 635 g/mol. The Morgan fingerprint density at radius 3 is 1.56 bits per heavy atom. The molecule has 0 aromatic rings. The zero-order valence-electron chi connectivity index (χ0n) is 17.0. The summed E-state index contributed by atoms with van der Waals surface area (Å²) in [5, 5.41) is 0.897. The number of hydrogen-bond acceptors (Lipinski definition) is 3. The first-order valence-electron chi connectivity index (χ1n) is 8.44. The van der Waals surface area contributed by atoms with E-state index >= 15 is 0 Å². The first kappa shape index (κ1) is 33.1. The number of nitrogens with zero attached hydrogens (tertiary/aromatic N) is 2. The van der Waals surface area contributed by atoms with Gasteiger partial charge in [0.25, 0.3) is 5.91 Å². The molecule has 1 aliphatic rings. The van der Waals surface area contributed by atoms with E-state index in [1.165, 1.54) is 21.1 Å². The Labute approximate surface area is 198 Å². The number of nitrogens with one attached hydrogen (secondary N) is 1. The molecule has 1 aliphatic heterocycles. The number of hydrogen-bond donors (Lipinski definition) is 1. The lowest BCUT2D eigenvalue weighted by Gasteiger charge is -2.51. The van der Waals surface area contributed by atoms with E-state index in [9.17, 15) is 66.3 Å². The number of ether oxygens (including phenoxy) is 1. The summed E-state index contributed by atoms with van der Waals surface area (Å²) in [5.41, 5.74) is -7.12. The van der Waals surface area contributed by atoms with Crippen LogP contribution in [0.4, 0.5) is 61.5 Å². The van der Waals surface area contributed by atoms with Crippen molar-refractivity contribution < 1.29 is 99.5 Å².